The van der Waals surface area contributed by atoms with E-state index in [1.54, 1.807) is 0 Å². The topological polar surface area (TPSA) is 50.3 Å². The molecule has 0 spiro atoms. The Morgan fingerprint density at radius 1 is 1.42 bits per heavy atom. The van der Waals surface area contributed by atoms with Crippen molar-refractivity contribution in [2.45, 2.75) is 39.7 Å². The first-order chi connectivity index (χ1) is 9.22. The van der Waals surface area contributed by atoms with Crippen LogP contribution < -0.4 is 10.1 Å². The van der Waals surface area contributed by atoms with Crippen LogP contribution >= 0.6 is 0 Å². The van der Waals surface area contributed by atoms with Crippen molar-refractivity contribution in [2.24, 2.45) is 0 Å². The second-order valence-electron chi connectivity index (χ2n) is 4.88. The van der Waals surface area contributed by atoms with E-state index in [2.05, 4.69) is 27.1 Å². The number of nitrogens with one attached hydrogen (secondary N) is 1. The smallest absolute Gasteiger partial charge is 0.218 e. The Morgan fingerprint density at radius 3 is 3.00 bits per heavy atom. The lowest BCUT2D eigenvalue weighted by Crippen LogP contribution is -2.34. The van der Waals surface area contributed by atoms with Crippen molar-refractivity contribution in [3.63, 3.8) is 0 Å². The number of aromatic nitrogens is 2. The van der Waals surface area contributed by atoms with Gasteiger partial charge >= 0.3 is 0 Å². The van der Waals surface area contributed by atoms with E-state index in [9.17, 15) is 0 Å². The molecule has 0 bridgehead atoms. The third kappa shape index (κ3) is 3.80. The van der Waals surface area contributed by atoms with Crippen LogP contribution in [0.3, 0.4) is 0 Å². The Kier molecular flexibility index (Phi) is 4.96. The van der Waals surface area contributed by atoms with Crippen LogP contribution in [0.5, 0.6) is 5.88 Å². The number of hydrogen-bond acceptors (Lipinski definition) is 5. The van der Waals surface area contributed by atoms with Crippen LogP contribution in [-0.2, 0) is 0 Å². The van der Waals surface area contributed by atoms with Crippen molar-refractivity contribution >= 4 is 5.82 Å². The Bertz CT molecular complexity index is 410. The second kappa shape index (κ2) is 6.70. The summed E-state index contributed by atoms with van der Waals surface area (Å²) in [5, 5.41) is 3.42. The molecule has 0 aliphatic carbocycles. The highest BCUT2D eigenvalue weighted by Crippen LogP contribution is 2.18. The first-order valence-electron chi connectivity index (χ1n) is 7.19. The maximum Gasteiger partial charge on any atom is 0.218 e. The molecule has 0 saturated carbocycles. The molecule has 19 heavy (non-hydrogen) atoms. The van der Waals surface area contributed by atoms with E-state index in [1.807, 2.05) is 19.9 Å². The van der Waals surface area contributed by atoms with Crippen molar-refractivity contribution in [1.29, 1.82) is 0 Å². The average Bonchev–Trinajstić information content (AvgIpc) is 2.83. The zero-order chi connectivity index (χ0) is 13.7. The lowest BCUT2D eigenvalue weighted by molar-refractivity contribution is 0.277. The molecule has 5 nitrogen and oxygen atoms in total. The first kappa shape index (κ1) is 14.1. The molecule has 1 unspecified atom stereocenters. The molecule has 1 fully saturated rings. The molecule has 5 heteroatoms. The molecule has 2 heterocycles. The molecule has 1 aromatic rings. The Balaban J connectivity index is 1.95. The minimum atomic E-state index is 0.621. The highest BCUT2D eigenvalue weighted by molar-refractivity contribution is 5.38. The van der Waals surface area contributed by atoms with Gasteiger partial charge in [0.2, 0.25) is 5.88 Å². The maximum atomic E-state index is 5.44. The van der Waals surface area contributed by atoms with E-state index >= 15 is 0 Å². The van der Waals surface area contributed by atoms with Gasteiger partial charge in [0, 0.05) is 18.7 Å². The molecule has 106 valence electrons. The summed E-state index contributed by atoms with van der Waals surface area (Å²) in [5.74, 6) is 2.25. The monoisotopic (exact) mass is 264 g/mol. The number of likely N-dealkylation sites (N-methyl/N-ethyl adjacent to an activating group) is 1. The fraction of sp³-hybridized carbons (Fsp3) is 0.714. The van der Waals surface area contributed by atoms with Gasteiger partial charge in [-0.05, 0) is 39.8 Å². The number of likely N-dealkylation sites (tertiary alicyclic amines) is 1. The quantitative estimate of drug-likeness (QED) is 0.852. The fourth-order valence-electron chi connectivity index (χ4n) is 2.62. The maximum absolute atomic E-state index is 5.44. The van der Waals surface area contributed by atoms with Gasteiger partial charge in [-0.3, -0.25) is 4.90 Å². The van der Waals surface area contributed by atoms with Crippen LogP contribution in [0.1, 0.15) is 32.5 Å². The summed E-state index contributed by atoms with van der Waals surface area (Å²) >= 11 is 0. The van der Waals surface area contributed by atoms with Gasteiger partial charge in [-0.25, -0.2) is 4.98 Å². The van der Waals surface area contributed by atoms with Gasteiger partial charge in [-0.15, -0.1) is 0 Å². The van der Waals surface area contributed by atoms with Gasteiger partial charge in [0.05, 0.1) is 6.61 Å². The van der Waals surface area contributed by atoms with Gasteiger partial charge in [0.1, 0.15) is 11.6 Å². The highest BCUT2D eigenvalue weighted by Gasteiger charge is 2.22. The Morgan fingerprint density at radius 2 is 2.26 bits per heavy atom. The lowest BCUT2D eigenvalue weighted by atomic mass is 10.2. The van der Waals surface area contributed by atoms with E-state index in [0.717, 1.165) is 24.7 Å². The average molecular weight is 264 g/mol. The molecule has 0 radical (unpaired) electrons. The normalized spacial score (nSPS) is 19.6. The largest absolute Gasteiger partial charge is 0.478 e. The predicted octanol–water partition coefficient (Wildman–Crippen LogP) is 2.08. The molecular formula is C14H24N4O. The van der Waals surface area contributed by atoms with Crippen LogP contribution in [0.4, 0.5) is 5.82 Å². The first-order valence-corrected chi connectivity index (χ1v) is 7.19. The number of aryl methyl sites for hydroxylation is 1. The number of anilines is 1. The van der Waals surface area contributed by atoms with Crippen LogP contribution in [0, 0.1) is 6.92 Å². The fourth-order valence-corrected chi connectivity index (χ4v) is 2.62. The number of hydrogen-bond donors (Lipinski definition) is 1. The summed E-state index contributed by atoms with van der Waals surface area (Å²) < 4.78 is 5.44. The van der Waals surface area contributed by atoms with Crippen molar-refractivity contribution in [3.8, 4) is 5.88 Å². The van der Waals surface area contributed by atoms with Crippen molar-refractivity contribution < 1.29 is 4.74 Å². The summed E-state index contributed by atoms with van der Waals surface area (Å²) in [7, 11) is 0. The van der Waals surface area contributed by atoms with E-state index < -0.39 is 0 Å². The zero-order valence-corrected chi connectivity index (χ0v) is 12.1. The SMILES string of the molecule is CCOc1cc(NCC2CCCN2CC)nc(C)n1. The third-order valence-corrected chi connectivity index (χ3v) is 3.53. The minimum absolute atomic E-state index is 0.621. The summed E-state index contributed by atoms with van der Waals surface area (Å²) in [4.78, 5) is 11.2. The second-order valence-corrected chi connectivity index (χ2v) is 4.88. The molecular weight excluding hydrogens is 240 g/mol. The summed E-state index contributed by atoms with van der Waals surface area (Å²) in [6, 6.07) is 2.50. The molecule has 0 amide bonds. The molecule has 1 aliphatic heterocycles. The molecule has 1 saturated heterocycles. The van der Waals surface area contributed by atoms with Crippen LogP contribution in [0.25, 0.3) is 0 Å². The lowest BCUT2D eigenvalue weighted by Gasteiger charge is -2.23. The standard InChI is InChI=1S/C14H24N4O/c1-4-18-8-6-7-12(18)10-15-13-9-14(19-5-2)17-11(3)16-13/h9,12H,4-8,10H2,1-3H3,(H,15,16,17). The van der Waals surface area contributed by atoms with Gasteiger partial charge in [-0.1, -0.05) is 6.92 Å². The molecule has 2 rings (SSSR count). The van der Waals surface area contributed by atoms with Crippen molar-refractivity contribution in [2.75, 3.05) is 31.6 Å². The van der Waals surface area contributed by atoms with Crippen molar-refractivity contribution in [3.05, 3.63) is 11.9 Å². The molecule has 1 aromatic heterocycles. The highest BCUT2D eigenvalue weighted by atomic mass is 16.5. The van der Waals surface area contributed by atoms with Crippen LogP contribution in [0.2, 0.25) is 0 Å². The van der Waals surface area contributed by atoms with E-state index in [0.29, 0.717) is 18.5 Å². The van der Waals surface area contributed by atoms with Gasteiger partial charge in [-0.2, -0.15) is 4.98 Å². The summed E-state index contributed by atoms with van der Waals surface area (Å²) in [6.07, 6.45) is 2.57. The number of rotatable bonds is 6. The van der Waals surface area contributed by atoms with E-state index in [4.69, 9.17) is 4.74 Å². The Hall–Kier alpha value is -1.36. The molecule has 0 aromatic carbocycles. The number of ether oxygens (including phenoxy) is 1. The van der Waals surface area contributed by atoms with Crippen LogP contribution in [-0.4, -0.2) is 47.2 Å². The zero-order valence-electron chi connectivity index (χ0n) is 12.1. The molecule has 1 atom stereocenters. The number of nitrogens with zero attached hydrogens (tertiary/aromatic N) is 3. The third-order valence-electron chi connectivity index (χ3n) is 3.53. The van der Waals surface area contributed by atoms with E-state index in [-0.39, 0.29) is 0 Å². The molecule has 1 aliphatic rings. The van der Waals surface area contributed by atoms with Gasteiger partial charge in [0.15, 0.2) is 0 Å². The van der Waals surface area contributed by atoms with E-state index in [1.165, 1.54) is 19.4 Å². The minimum Gasteiger partial charge on any atom is -0.478 e. The molecule has 1 N–H and O–H groups in total. The predicted molar refractivity (Wildman–Crippen MR) is 76.7 cm³/mol. The van der Waals surface area contributed by atoms with Crippen LogP contribution in [0.15, 0.2) is 6.07 Å². The van der Waals surface area contributed by atoms with Gasteiger partial charge < -0.3 is 10.1 Å². The summed E-state index contributed by atoms with van der Waals surface area (Å²) in [5.41, 5.74) is 0. The van der Waals surface area contributed by atoms with Crippen molar-refractivity contribution in [1.82, 2.24) is 14.9 Å². The Labute approximate surface area is 115 Å². The summed E-state index contributed by atoms with van der Waals surface area (Å²) in [6.45, 7) is 9.98. The van der Waals surface area contributed by atoms with Gasteiger partial charge in [0.25, 0.3) is 0 Å².